The van der Waals surface area contributed by atoms with Crippen molar-refractivity contribution in [2.75, 3.05) is 0 Å². The van der Waals surface area contributed by atoms with Crippen LogP contribution in [0.5, 0.6) is 0 Å². The van der Waals surface area contributed by atoms with Gasteiger partial charge in [-0.3, -0.25) is 10.1 Å². The fourth-order valence-electron chi connectivity index (χ4n) is 1.54. The predicted octanol–water partition coefficient (Wildman–Crippen LogP) is 4.21. The lowest BCUT2D eigenvalue weighted by Gasteiger charge is -2.04. The summed E-state index contributed by atoms with van der Waals surface area (Å²) in [5.41, 5.74) is 0.125. The molecular weight excluding hydrogens is 346 g/mol. The van der Waals surface area contributed by atoms with Crippen molar-refractivity contribution < 1.29 is 14.8 Å². The van der Waals surface area contributed by atoms with E-state index in [1.165, 1.54) is 18.2 Å². The Labute approximate surface area is 126 Å². The first-order valence-corrected chi connectivity index (χ1v) is 7.03. The molecule has 102 valence electrons. The number of nitrogens with zero attached hydrogens (tertiary/aromatic N) is 1. The Morgan fingerprint density at radius 3 is 2.65 bits per heavy atom. The second-order valence-corrected chi connectivity index (χ2v) is 5.84. The number of carboxylic acids is 1. The third kappa shape index (κ3) is 3.37. The third-order valence-corrected chi connectivity index (χ3v) is 3.97. The van der Waals surface area contributed by atoms with Gasteiger partial charge < -0.3 is 5.11 Å². The maximum atomic E-state index is 11.0. The topological polar surface area (TPSA) is 80.4 Å². The number of aromatic carboxylic acids is 1. The van der Waals surface area contributed by atoms with Crippen LogP contribution in [0, 0.1) is 10.1 Å². The van der Waals surface area contributed by atoms with Gasteiger partial charge in [0.1, 0.15) is 0 Å². The van der Waals surface area contributed by atoms with E-state index in [-0.39, 0.29) is 11.3 Å². The first-order chi connectivity index (χ1) is 9.47. The molecule has 0 spiro atoms. The van der Waals surface area contributed by atoms with Crippen LogP contribution in [0.4, 0.5) is 5.69 Å². The maximum absolute atomic E-state index is 11.0. The first kappa shape index (κ1) is 14.5. The second-order valence-electron chi connectivity index (χ2n) is 3.80. The Bertz CT molecular complexity index is 690. The molecule has 0 aliphatic heterocycles. The Balaban J connectivity index is 2.37. The predicted molar refractivity (Wildman–Crippen MR) is 78.3 cm³/mol. The van der Waals surface area contributed by atoms with Crippen molar-refractivity contribution in [1.82, 2.24) is 0 Å². The van der Waals surface area contributed by atoms with E-state index < -0.39 is 10.9 Å². The van der Waals surface area contributed by atoms with Gasteiger partial charge in [0.15, 0.2) is 0 Å². The highest BCUT2D eigenvalue weighted by Gasteiger charge is 2.15. The molecule has 2 aromatic carbocycles. The van der Waals surface area contributed by atoms with Crippen LogP contribution >= 0.6 is 27.7 Å². The SMILES string of the molecule is O=C(O)c1cccc(Sc2ccc(Br)cc2[N+](=O)[O-])c1. The fraction of sp³-hybridized carbons (Fsp3) is 0. The van der Waals surface area contributed by atoms with Crippen LogP contribution < -0.4 is 0 Å². The third-order valence-electron chi connectivity index (χ3n) is 2.43. The number of benzene rings is 2. The quantitative estimate of drug-likeness (QED) is 0.657. The summed E-state index contributed by atoms with van der Waals surface area (Å²) in [6.45, 7) is 0. The van der Waals surface area contributed by atoms with Gasteiger partial charge in [0.25, 0.3) is 5.69 Å². The fourth-order valence-corrected chi connectivity index (χ4v) is 2.85. The number of nitro groups is 1. The molecule has 2 aromatic rings. The molecule has 1 N–H and O–H groups in total. The van der Waals surface area contributed by atoms with Gasteiger partial charge >= 0.3 is 5.97 Å². The number of carbonyl (C=O) groups is 1. The molecule has 2 rings (SSSR count). The van der Waals surface area contributed by atoms with E-state index in [1.807, 2.05) is 0 Å². The molecule has 7 heteroatoms. The number of rotatable bonds is 4. The molecule has 0 radical (unpaired) electrons. The van der Waals surface area contributed by atoms with Crippen molar-refractivity contribution in [3.05, 3.63) is 62.6 Å². The smallest absolute Gasteiger partial charge is 0.335 e. The van der Waals surface area contributed by atoms with Gasteiger partial charge in [0, 0.05) is 15.4 Å². The van der Waals surface area contributed by atoms with Crippen LogP contribution in [0.1, 0.15) is 10.4 Å². The van der Waals surface area contributed by atoms with Gasteiger partial charge in [0.2, 0.25) is 0 Å². The number of hydrogen-bond donors (Lipinski definition) is 1. The molecule has 0 saturated heterocycles. The summed E-state index contributed by atoms with van der Waals surface area (Å²) in [5.74, 6) is -1.03. The molecule has 0 unspecified atom stereocenters. The van der Waals surface area contributed by atoms with E-state index >= 15 is 0 Å². The monoisotopic (exact) mass is 353 g/mol. The summed E-state index contributed by atoms with van der Waals surface area (Å²) in [6.07, 6.45) is 0. The second kappa shape index (κ2) is 6.06. The number of halogens is 1. The summed E-state index contributed by atoms with van der Waals surface area (Å²) in [7, 11) is 0. The zero-order valence-electron chi connectivity index (χ0n) is 9.95. The minimum atomic E-state index is -1.03. The molecule has 0 amide bonds. The summed E-state index contributed by atoms with van der Waals surface area (Å²) >= 11 is 4.35. The van der Waals surface area contributed by atoms with E-state index in [1.54, 1.807) is 24.3 Å². The highest BCUT2D eigenvalue weighted by molar-refractivity contribution is 9.10. The molecule has 0 aliphatic carbocycles. The van der Waals surface area contributed by atoms with Gasteiger partial charge in [-0.25, -0.2) is 4.79 Å². The van der Waals surface area contributed by atoms with E-state index in [2.05, 4.69) is 15.9 Å². The average molecular weight is 354 g/mol. The largest absolute Gasteiger partial charge is 0.478 e. The lowest BCUT2D eigenvalue weighted by atomic mass is 10.2. The maximum Gasteiger partial charge on any atom is 0.335 e. The van der Waals surface area contributed by atoms with Gasteiger partial charge in [-0.15, -0.1) is 0 Å². The van der Waals surface area contributed by atoms with Crippen molar-refractivity contribution >= 4 is 39.3 Å². The molecule has 0 fully saturated rings. The van der Waals surface area contributed by atoms with Crippen LogP contribution in [0.15, 0.2) is 56.7 Å². The van der Waals surface area contributed by atoms with Crippen molar-refractivity contribution in [3.63, 3.8) is 0 Å². The van der Waals surface area contributed by atoms with E-state index in [4.69, 9.17) is 5.11 Å². The van der Waals surface area contributed by atoms with Crippen molar-refractivity contribution in [2.45, 2.75) is 9.79 Å². The van der Waals surface area contributed by atoms with Crippen molar-refractivity contribution in [3.8, 4) is 0 Å². The lowest BCUT2D eigenvalue weighted by molar-refractivity contribution is -0.387. The first-order valence-electron chi connectivity index (χ1n) is 5.42. The molecule has 0 atom stereocenters. The highest BCUT2D eigenvalue weighted by atomic mass is 79.9. The Kier molecular flexibility index (Phi) is 4.41. The zero-order chi connectivity index (χ0) is 14.7. The molecular formula is C13H8BrNO4S. The minimum absolute atomic E-state index is 0.0231. The summed E-state index contributed by atoms with van der Waals surface area (Å²) < 4.78 is 0.618. The van der Waals surface area contributed by atoms with Crippen LogP contribution in [0.3, 0.4) is 0 Å². The Hall–Kier alpha value is -1.86. The highest BCUT2D eigenvalue weighted by Crippen LogP contribution is 2.36. The molecule has 0 aliphatic rings. The molecule has 0 aromatic heterocycles. The summed E-state index contributed by atoms with van der Waals surface area (Å²) in [5, 5.41) is 19.9. The van der Waals surface area contributed by atoms with Gasteiger partial charge in [-0.1, -0.05) is 33.8 Å². The molecule has 0 saturated carbocycles. The normalized spacial score (nSPS) is 10.2. The number of nitro benzene ring substituents is 1. The molecule has 0 bridgehead atoms. The van der Waals surface area contributed by atoms with Gasteiger partial charge in [-0.2, -0.15) is 0 Å². The van der Waals surface area contributed by atoms with E-state index in [0.717, 1.165) is 11.8 Å². The number of hydrogen-bond acceptors (Lipinski definition) is 4. The summed E-state index contributed by atoms with van der Waals surface area (Å²) in [6, 6.07) is 11.0. The van der Waals surface area contributed by atoms with Crippen LogP contribution in [-0.4, -0.2) is 16.0 Å². The van der Waals surface area contributed by atoms with Crippen LogP contribution in [0.25, 0.3) is 0 Å². The standard InChI is InChI=1S/C13H8BrNO4S/c14-9-4-5-12(11(7-9)15(18)19)20-10-3-1-2-8(6-10)13(16)17/h1-7H,(H,16,17). The van der Waals surface area contributed by atoms with Crippen LogP contribution in [0.2, 0.25) is 0 Å². The molecule has 20 heavy (non-hydrogen) atoms. The lowest BCUT2D eigenvalue weighted by Crippen LogP contribution is -1.95. The summed E-state index contributed by atoms with van der Waals surface area (Å²) in [4.78, 5) is 22.5. The zero-order valence-corrected chi connectivity index (χ0v) is 12.3. The molecule has 0 heterocycles. The average Bonchev–Trinajstić information content (AvgIpc) is 2.41. The molecule has 5 nitrogen and oxygen atoms in total. The Morgan fingerprint density at radius 2 is 2.00 bits per heavy atom. The van der Waals surface area contributed by atoms with E-state index in [9.17, 15) is 14.9 Å². The van der Waals surface area contributed by atoms with Crippen molar-refractivity contribution in [1.29, 1.82) is 0 Å². The van der Waals surface area contributed by atoms with E-state index in [0.29, 0.717) is 14.3 Å². The minimum Gasteiger partial charge on any atom is -0.478 e. The van der Waals surface area contributed by atoms with Gasteiger partial charge in [0.05, 0.1) is 15.4 Å². The van der Waals surface area contributed by atoms with Crippen molar-refractivity contribution in [2.24, 2.45) is 0 Å². The Morgan fingerprint density at radius 1 is 1.25 bits per heavy atom. The van der Waals surface area contributed by atoms with Crippen LogP contribution in [-0.2, 0) is 0 Å². The number of carboxylic acid groups (broad SMARTS) is 1. The van der Waals surface area contributed by atoms with Gasteiger partial charge in [-0.05, 0) is 30.3 Å².